The zero-order chi connectivity index (χ0) is 13.0. The first-order valence-corrected chi connectivity index (χ1v) is 9.35. The maximum absolute atomic E-state index is 6.25. The monoisotopic (exact) mass is 245 g/mol. The third-order valence-electron chi connectivity index (χ3n) is 3.67. The van der Waals surface area contributed by atoms with E-state index in [0.717, 1.165) is 6.42 Å². The highest BCUT2D eigenvalue weighted by Gasteiger charge is 2.38. The molecule has 3 heteroatoms. The van der Waals surface area contributed by atoms with E-state index in [1.54, 1.807) is 0 Å². The second kappa shape index (κ2) is 5.65. The highest BCUT2D eigenvalue weighted by Crippen LogP contribution is 2.37. The third-order valence-corrected chi connectivity index (χ3v) is 8.15. The van der Waals surface area contributed by atoms with Crippen molar-refractivity contribution in [3.63, 3.8) is 0 Å². The molecular weight excluding hydrogens is 214 g/mol. The Morgan fingerprint density at radius 3 is 2.00 bits per heavy atom. The Hall–Kier alpha value is 0.137. The van der Waals surface area contributed by atoms with Gasteiger partial charge in [0.05, 0.1) is 6.61 Å². The van der Waals surface area contributed by atoms with Crippen LogP contribution in [0.5, 0.6) is 0 Å². The lowest BCUT2D eigenvalue weighted by molar-refractivity contribution is 0.201. The standard InChI is InChI=1S/C13H31NOSi/c1-8-9-10-13(5,14)11-15-16(6,7)12(2,3)4/h8-11,14H2,1-7H3. The quantitative estimate of drug-likeness (QED) is 0.720. The molecule has 2 nitrogen and oxygen atoms in total. The van der Waals surface area contributed by atoms with Crippen molar-refractivity contribution < 1.29 is 4.43 Å². The van der Waals surface area contributed by atoms with Crippen molar-refractivity contribution in [2.24, 2.45) is 5.73 Å². The molecule has 0 fully saturated rings. The van der Waals surface area contributed by atoms with E-state index in [4.69, 9.17) is 10.2 Å². The average Bonchev–Trinajstić information content (AvgIpc) is 2.10. The van der Waals surface area contributed by atoms with Crippen LogP contribution in [0.3, 0.4) is 0 Å². The maximum Gasteiger partial charge on any atom is 0.192 e. The highest BCUT2D eigenvalue weighted by molar-refractivity contribution is 6.74. The van der Waals surface area contributed by atoms with Gasteiger partial charge in [-0.2, -0.15) is 0 Å². The number of hydrogen-bond donors (Lipinski definition) is 1. The van der Waals surface area contributed by atoms with Crippen LogP contribution in [-0.2, 0) is 4.43 Å². The van der Waals surface area contributed by atoms with E-state index in [-0.39, 0.29) is 10.6 Å². The van der Waals surface area contributed by atoms with Gasteiger partial charge in [-0.3, -0.25) is 0 Å². The smallest absolute Gasteiger partial charge is 0.192 e. The molecule has 0 aliphatic heterocycles. The number of nitrogens with two attached hydrogens (primary N) is 1. The SMILES string of the molecule is CCCCC(C)(N)CO[Si](C)(C)C(C)(C)C. The minimum absolute atomic E-state index is 0.161. The van der Waals surface area contributed by atoms with E-state index in [9.17, 15) is 0 Å². The lowest BCUT2D eigenvalue weighted by Crippen LogP contribution is -2.48. The van der Waals surface area contributed by atoms with Crippen molar-refractivity contribution >= 4 is 8.32 Å². The van der Waals surface area contributed by atoms with Crippen molar-refractivity contribution in [1.82, 2.24) is 0 Å². The molecular formula is C13H31NOSi. The Morgan fingerprint density at radius 1 is 1.12 bits per heavy atom. The first kappa shape index (κ1) is 16.1. The molecule has 98 valence electrons. The van der Waals surface area contributed by atoms with Gasteiger partial charge in [0.2, 0.25) is 0 Å². The zero-order valence-corrected chi connectivity index (χ0v) is 13.3. The molecule has 0 aromatic heterocycles. The summed E-state index contributed by atoms with van der Waals surface area (Å²) >= 11 is 0. The van der Waals surface area contributed by atoms with Crippen LogP contribution in [-0.4, -0.2) is 20.5 Å². The normalized spacial score (nSPS) is 17.2. The van der Waals surface area contributed by atoms with E-state index in [1.165, 1.54) is 12.8 Å². The summed E-state index contributed by atoms with van der Waals surface area (Å²) in [5.74, 6) is 0. The van der Waals surface area contributed by atoms with Crippen LogP contribution in [0, 0.1) is 0 Å². The molecule has 0 spiro atoms. The number of unbranched alkanes of at least 4 members (excludes halogenated alkanes) is 1. The molecule has 16 heavy (non-hydrogen) atoms. The Bertz CT molecular complexity index is 206. The molecule has 0 saturated carbocycles. The molecule has 0 rings (SSSR count). The van der Waals surface area contributed by atoms with E-state index in [0.29, 0.717) is 6.61 Å². The molecule has 1 atom stereocenters. The van der Waals surface area contributed by atoms with Crippen molar-refractivity contribution in [3.8, 4) is 0 Å². The predicted molar refractivity (Wildman–Crippen MR) is 75.3 cm³/mol. The topological polar surface area (TPSA) is 35.2 Å². The summed E-state index contributed by atoms with van der Waals surface area (Å²) in [6.45, 7) is 16.4. The van der Waals surface area contributed by atoms with E-state index in [2.05, 4.69) is 47.7 Å². The van der Waals surface area contributed by atoms with Crippen molar-refractivity contribution in [3.05, 3.63) is 0 Å². The predicted octanol–water partition coefficient (Wildman–Crippen LogP) is 3.92. The van der Waals surface area contributed by atoms with Gasteiger partial charge in [0.15, 0.2) is 8.32 Å². The van der Waals surface area contributed by atoms with E-state index in [1.807, 2.05) is 0 Å². The lowest BCUT2D eigenvalue weighted by atomic mass is 9.98. The summed E-state index contributed by atoms with van der Waals surface area (Å²) in [4.78, 5) is 0. The Labute approximate surface area is 103 Å². The van der Waals surface area contributed by atoms with E-state index < -0.39 is 8.32 Å². The van der Waals surface area contributed by atoms with Crippen molar-refractivity contribution in [1.29, 1.82) is 0 Å². The minimum atomic E-state index is -1.63. The fourth-order valence-corrected chi connectivity index (χ4v) is 2.34. The third kappa shape index (κ3) is 5.46. The first-order chi connectivity index (χ1) is 7.02. The molecule has 0 radical (unpaired) electrons. The molecule has 2 N–H and O–H groups in total. The maximum atomic E-state index is 6.25. The second-order valence-electron chi connectivity index (χ2n) is 6.81. The van der Waals surface area contributed by atoms with Crippen LogP contribution in [0.2, 0.25) is 18.1 Å². The van der Waals surface area contributed by atoms with Gasteiger partial charge in [0.25, 0.3) is 0 Å². The van der Waals surface area contributed by atoms with Crippen LogP contribution in [0.1, 0.15) is 53.9 Å². The Kier molecular flexibility index (Phi) is 5.70. The number of hydrogen-bond acceptors (Lipinski definition) is 2. The summed E-state index contributed by atoms with van der Waals surface area (Å²) in [5, 5.41) is 0.272. The summed E-state index contributed by atoms with van der Waals surface area (Å²) in [6, 6.07) is 0. The highest BCUT2D eigenvalue weighted by atomic mass is 28.4. The Morgan fingerprint density at radius 2 is 1.62 bits per heavy atom. The second-order valence-corrected chi connectivity index (χ2v) is 11.6. The van der Waals surface area contributed by atoms with Crippen LogP contribution in [0.15, 0.2) is 0 Å². The molecule has 0 amide bonds. The summed E-state index contributed by atoms with van der Waals surface area (Å²) < 4.78 is 6.17. The lowest BCUT2D eigenvalue weighted by Gasteiger charge is -2.39. The fraction of sp³-hybridized carbons (Fsp3) is 1.00. The van der Waals surface area contributed by atoms with Gasteiger partial charge in [-0.05, 0) is 31.5 Å². The Balaban J connectivity index is 4.23. The summed E-state index contributed by atoms with van der Waals surface area (Å²) in [5.41, 5.74) is 6.09. The average molecular weight is 245 g/mol. The molecule has 0 saturated heterocycles. The van der Waals surface area contributed by atoms with Crippen molar-refractivity contribution in [2.75, 3.05) is 6.61 Å². The molecule has 0 aliphatic rings. The molecule has 1 unspecified atom stereocenters. The molecule has 0 aromatic carbocycles. The van der Waals surface area contributed by atoms with Gasteiger partial charge >= 0.3 is 0 Å². The van der Waals surface area contributed by atoms with Crippen LogP contribution >= 0.6 is 0 Å². The minimum Gasteiger partial charge on any atom is -0.415 e. The largest absolute Gasteiger partial charge is 0.415 e. The van der Waals surface area contributed by atoms with Gasteiger partial charge in [-0.25, -0.2) is 0 Å². The molecule has 0 bridgehead atoms. The van der Waals surface area contributed by atoms with E-state index >= 15 is 0 Å². The van der Waals surface area contributed by atoms with Gasteiger partial charge in [0, 0.05) is 5.54 Å². The summed E-state index contributed by atoms with van der Waals surface area (Å²) in [7, 11) is -1.63. The van der Waals surface area contributed by atoms with Gasteiger partial charge in [-0.1, -0.05) is 40.5 Å². The zero-order valence-electron chi connectivity index (χ0n) is 12.3. The van der Waals surface area contributed by atoms with Crippen LogP contribution in [0.4, 0.5) is 0 Å². The molecule has 0 heterocycles. The number of rotatable bonds is 6. The first-order valence-electron chi connectivity index (χ1n) is 6.45. The molecule has 0 aromatic rings. The van der Waals surface area contributed by atoms with Gasteiger partial charge in [-0.15, -0.1) is 0 Å². The van der Waals surface area contributed by atoms with Gasteiger partial charge in [0.1, 0.15) is 0 Å². The van der Waals surface area contributed by atoms with Crippen molar-refractivity contribution in [2.45, 2.75) is 77.6 Å². The van der Waals surface area contributed by atoms with Gasteiger partial charge < -0.3 is 10.2 Å². The molecule has 0 aliphatic carbocycles. The van der Waals surface area contributed by atoms with Crippen LogP contribution < -0.4 is 5.73 Å². The fourth-order valence-electron chi connectivity index (χ4n) is 1.21. The van der Waals surface area contributed by atoms with Crippen LogP contribution in [0.25, 0.3) is 0 Å². The summed E-state index contributed by atoms with van der Waals surface area (Å²) in [6.07, 6.45) is 3.44.